The minimum atomic E-state index is -0.533. The van der Waals surface area contributed by atoms with E-state index in [1.54, 1.807) is 18.2 Å². The number of rotatable bonds is 4. The fourth-order valence-electron chi connectivity index (χ4n) is 3.59. The Hall–Kier alpha value is -3.74. The summed E-state index contributed by atoms with van der Waals surface area (Å²) in [5, 5.41) is 2.59. The van der Waals surface area contributed by atoms with E-state index in [2.05, 4.69) is 5.32 Å². The van der Waals surface area contributed by atoms with Crippen LogP contribution in [0.4, 0.5) is 13.6 Å². The van der Waals surface area contributed by atoms with E-state index in [4.69, 9.17) is 0 Å². The number of aromatic nitrogens is 1. The van der Waals surface area contributed by atoms with E-state index >= 15 is 0 Å². The minimum absolute atomic E-state index is 0.0462. The Kier molecular flexibility index (Phi) is 4.95. The van der Waals surface area contributed by atoms with Crippen LogP contribution in [0.25, 0.3) is 11.8 Å². The van der Waals surface area contributed by atoms with Crippen molar-refractivity contribution in [2.45, 2.75) is 20.4 Å². The van der Waals surface area contributed by atoms with Crippen molar-refractivity contribution in [3.63, 3.8) is 0 Å². The highest BCUT2D eigenvalue weighted by Gasteiger charge is 2.33. The van der Waals surface area contributed by atoms with Gasteiger partial charge in [0.1, 0.15) is 17.3 Å². The molecule has 2 heterocycles. The molecule has 2 aromatic carbocycles. The quantitative estimate of drug-likeness (QED) is 0.513. The lowest BCUT2D eigenvalue weighted by Crippen LogP contribution is -2.30. The smallest absolute Gasteiger partial charge is 0.318 e. The van der Waals surface area contributed by atoms with Gasteiger partial charge in [-0.15, -0.1) is 0 Å². The number of imide groups is 1. The summed E-state index contributed by atoms with van der Waals surface area (Å²) in [4.78, 5) is 26.1. The third-order valence-electron chi connectivity index (χ3n) is 5.05. The molecule has 0 spiro atoms. The van der Waals surface area contributed by atoms with E-state index in [0.717, 1.165) is 21.9 Å². The number of nitrogens with zero attached hydrogens (tertiary/aromatic N) is 2. The maximum atomic E-state index is 13.6. The molecule has 1 saturated heterocycles. The molecule has 3 amide bonds. The molecule has 5 nitrogen and oxygen atoms in total. The van der Waals surface area contributed by atoms with Crippen molar-refractivity contribution in [2.24, 2.45) is 0 Å². The van der Waals surface area contributed by atoms with Crippen LogP contribution in [0.15, 0.2) is 60.3 Å². The number of amides is 3. The second-order valence-corrected chi connectivity index (χ2v) is 7.15. The van der Waals surface area contributed by atoms with Crippen LogP contribution in [0.1, 0.15) is 22.5 Å². The van der Waals surface area contributed by atoms with Gasteiger partial charge < -0.3 is 9.88 Å². The summed E-state index contributed by atoms with van der Waals surface area (Å²) in [7, 11) is 0. The van der Waals surface area contributed by atoms with E-state index in [9.17, 15) is 18.4 Å². The molecule has 4 rings (SSSR count). The van der Waals surface area contributed by atoms with E-state index in [0.29, 0.717) is 11.3 Å². The van der Waals surface area contributed by atoms with Gasteiger partial charge in [0.2, 0.25) is 0 Å². The van der Waals surface area contributed by atoms with Gasteiger partial charge >= 0.3 is 6.03 Å². The fraction of sp³-hybridized carbons (Fsp3) is 0.130. The van der Waals surface area contributed by atoms with Crippen molar-refractivity contribution in [1.82, 2.24) is 14.8 Å². The van der Waals surface area contributed by atoms with Gasteiger partial charge in [-0.1, -0.05) is 18.2 Å². The number of hydrogen-bond donors (Lipinski definition) is 1. The standard InChI is InChI=1S/C23H19F2N3O2/c1-14-10-17(15(2)28(14)20-5-3-4-19(25)12-20)11-21-22(29)27(23(30)26-21)13-16-6-8-18(24)9-7-16/h3-12H,13H2,1-2H3,(H,26,30). The molecule has 152 valence electrons. The van der Waals surface area contributed by atoms with E-state index in [1.807, 2.05) is 24.5 Å². The molecule has 1 fully saturated rings. The lowest BCUT2D eigenvalue weighted by molar-refractivity contribution is -0.123. The van der Waals surface area contributed by atoms with Crippen molar-refractivity contribution >= 4 is 18.0 Å². The van der Waals surface area contributed by atoms with Gasteiger partial charge in [0.25, 0.3) is 5.91 Å². The van der Waals surface area contributed by atoms with Gasteiger partial charge in [0, 0.05) is 17.1 Å². The molecule has 1 aromatic heterocycles. The average Bonchev–Trinajstić information content (AvgIpc) is 3.13. The maximum Gasteiger partial charge on any atom is 0.329 e. The molecular weight excluding hydrogens is 388 g/mol. The Labute approximate surface area is 172 Å². The second kappa shape index (κ2) is 7.59. The first kappa shape index (κ1) is 19.6. The number of nitrogens with one attached hydrogen (secondary N) is 1. The highest BCUT2D eigenvalue weighted by Crippen LogP contribution is 2.25. The first-order chi connectivity index (χ1) is 14.3. The van der Waals surface area contributed by atoms with Crippen LogP contribution in [0.3, 0.4) is 0 Å². The molecule has 0 saturated carbocycles. The zero-order chi connectivity index (χ0) is 21.4. The molecule has 1 N–H and O–H groups in total. The van der Waals surface area contributed by atoms with Crippen LogP contribution in [0, 0.1) is 25.5 Å². The van der Waals surface area contributed by atoms with Crippen LogP contribution in [0.2, 0.25) is 0 Å². The number of urea groups is 1. The van der Waals surface area contributed by atoms with Gasteiger partial charge in [0.15, 0.2) is 0 Å². The van der Waals surface area contributed by atoms with Crippen LogP contribution < -0.4 is 5.32 Å². The highest BCUT2D eigenvalue weighted by molar-refractivity contribution is 6.13. The molecule has 30 heavy (non-hydrogen) atoms. The summed E-state index contributed by atoms with van der Waals surface area (Å²) in [6, 6.07) is 13.2. The average molecular weight is 407 g/mol. The molecule has 7 heteroatoms. The number of carbonyl (C=O) groups excluding carboxylic acids is 2. The summed E-state index contributed by atoms with van der Waals surface area (Å²) in [5.41, 5.74) is 3.89. The van der Waals surface area contributed by atoms with Gasteiger partial charge in [-0.25, -0.2) is 13.6 Å². The number of carbonyl (C=O) groups is 2. The predicted molar refractivity (Wildman–Crippen MR) is 109 cm³/mol. The van der Waals surface area contributed by atoms with Crippen molar-refractivity contribution in [3.05, 3.63) is 94.4 Å². The lowest BCUT2D eigenvalue weighted by atomic mass is 10.2. The number of halogens is 2. The first-order valence-electron chi connectivity index (χ1n) is 9.37. The third-order valence-corrected chi connectivity index (χ3v) is 5.05. The third kappa shape index (κ3) is 3.61. The van der Waals surface area contributed by atoms with Gasteiger partial charge in [0.05, 0.1) is 6.54 Å². The SMILES string of the molecule is Cc1cc(C=C2NC(=O)N(Cc3ccc(F)cc3)C2=O)c(C)n1-c1cccc(F)c1. The number of aryl methyl sites for hydroxylation is 1. The van der Waals surface area contributed by atoms with Crippen molar-refractivity contribution in [1.29, 1.82) is 0 Å². The summed E-state index contributed by atoms with van der Waals surface area (Å²) in [6.07, 6.45) is 1.61. The normalized spacial score (nSPS) is 15.2. The molecule has 0 radical (unpaired) electrons. The van der Waals surface area contributed by atoms with Crippen LogP contribution >= 0.6 is 0 Å². The highest BCUT2D eigenvalue weighted by atomic mass is 19.1. The van der Waals surface area contributed by atoms with Crippen LogP contribution in [-0.4, -0.2) is 21.4 Å². The van der Waals surface area contributed by atoms with Gasteiger partial charge in [-0.3, -0.25) is 9.69 Å². The Morgan fingerprint density at radius 1 is 0.967 bits per heavy atom. The lowest BCUT2D eigenvalue weighted by Gasteiger charge is -2.11. The Balaban J connectivity index is 1.62. The Morgan fingerprint density at radius 2 is 1.70 bits per heavy atom. The number of hydrogen-bond acceptors (Lipinski definition) is 2. The van der Waals surface area contributed by atoms with Crippen LogP contribution in [0.5, 0.6) is 0 Å². The summed E-state index contributed by atoms with van der Waals surface area (Å²) in [6.45, 7) is 3.79. The fourth-order valence-corrected chi connectivity index (χ4v) is 3.59. The van der Waals surface area contributed by atoms with Gasteiger partial charge in [-0.2, -0.15) is 0 Å². The molecule has 0 aliphatic carbocycles. The van der Waals surface area contributed by atoms with Crippen molar-refractivity contribution in [3.8, 4) is 5.69 Å². The first-order valence-corrected chi connectivity index (χ1v) is 9.37. The maximum absolute atomic E-state index is 13.6. The minimum Gasteiger partial charge on any atom is -0.318 e. The van der Waals surface area contributed by atoms with E-state index in [-0.39, 0.29) is 23.9 Å². The largest absolute Gasteiger partial charge is 0.329 e. The zero-order valence-electron chi connectivity index (χ0n) is 16.4. The summed E-state index contributed by atoms with van der Waals surface area (Å²) in [5.74, 6) is -1.18. The molecule has 0 bridgehead atoms. The molecule has 0 atom stereocenters. The summed E-state index contributed by atoms with van der Waals surface area (Å²) < 4.78 is 28.6. The Bertz CT molecular complexity index is 1180. The molecule has 3 aromatic rings. The second-order valence-electron chi connectivity index (χ2n) is 7.15. The molecule has 1 aliphatic rings. The van der Waals surface area contributed by atoms with Crippen LogP contribution in [-0.2, 0) is 11.3 Å². The molecule has 0 unspecified atom stereocenters. The topological polar surface area (TPSA) is 54.3 Å². The van der Waals surface area contributed by atoms with E-state index < -0.39 is 11.9 Å². The monoisotopic (exact) mass is 407 g/mol. The molecular formula is C23H19F2N3O2. The summed E-state index contributed by atoms with van der Waals surface area (Å²) >= 11 is 0. The zero-order valence-corrected chi connectivity index (χ0v) is 16.4. The van der Waals surface area contributed by atoms with Crippen molar-refractivity contribution in [2.75, 3.05) is 0 Å². The van der Waals surface area contributed by atoms with Gasteiger partial charge in [-0.05, 0) is 67.4 Å². The van der Waals surface area contributed by atoms with E-state index in [1.165, 1.54) is 36.4 Å². The number of benzene rings is 2. The predicted octanol–water partition coefficient (Wildman–Crippen LogP) is 4.47. The van der Waals surface area contributed by atoms with Crippen molar-refractivity contribution < 1.29 is 18.4 Å². The molecule has 1 aliphatic heterocycles. The Morgan fingerprint density at radius 3 is 2.40 bits per heavy atom.